The fourth-order valence-electron chi connectivity index (χ4n) is 0.422. The number of hydrogen-bond acceptors (Lipinski definition) is 2. The van der Waals surface area contributed by atoms with Gasteiger partial charge in [-0.05, 0) is 0 Å². The second-order valence-electron chi connectivity index (χ2n) is 1.33. The minimum Gasteiger partial charge on any atom is -0.248 e. The van der Waals surface area contributed by atoms with Gasteiger partial charge >= 0.3 is 0 Å². The molecule has 0 aromatic carbocycles. The van der Waals surface area contributed by atoms with Crippen molar-refractivity contribution in [1.29, 1.82) is 5.26 Å². The van der Waals surface area contributed by atoms with Gasteiger partial charge in [-0.15, -0.1) is 5.10 Å². The molecule has 0 fully saturated rings. The van der Waals surface area contributed by atoms with E-state index in [-0.39, 0.29) is 0 Å². The third kappa shape index (κ3) is 0.819. The SMILES string of the molecule is N#CCc1[nH]nc[nH+]1. The lowest BCUT2D eigenvalue weighted by Gasteiger charge is -1.69. The van der Waals surface area contributed by atoms with E-state index >= 15 is 0 Å². The van der Waals surface area contributed by atoms with Gasteiger partial charge in [-0.2, -0.15) is 5.26 Å². The Morgan fingerprint density at radius 2 is 2.88 bits per heavy atom. The van der Waals surface area contributed by atoms with E-state index in [0.717, 1.165) is 5.82 Å². The maximum atomic E-state index is 8.12. The molecular formula is C4H5N4+. The summed E-state index contributed by atoms with van der Waals surface area (Å²) in [5.41, 5.74) is 0. The van der Waals surface area contributed by atoms with E-state index in [1.165, 1.54) is 6.33 Å². The van der Waals surface area contributed by atoms with Gasteiger partial charge in [0.05, 0.1) is 6.07 Å². The second-order valence-corrected chi connectivity index (χ2v) is 1.33. The molecule has 40 valence electrons. The molecule has 1 aromatic rings. The number of hydrogen-bond donors (Lipinski definition) is 1. The Morgan fingerprint density at radius 1 is 2.00 bits per heavy atom. The van der Waals surface area contributed by atoms with Gasteiger partial charge in [-0.3, -0.25) is 0 Å². The average Bonchev–Trinajstić information content (AvgIpc) is 2.19. The number of nitriles is 1. The van der Waals surface area contributed by atoms with Gasteiger partial charge in [0.15, 0.2) is 0 Å². The van der Waals surface area contributed by atoms with Crippen molar-refractivity contribution in [3.8, 4) is 6.07 Å². The maximum Gasteiger partial charge on any atom is 0.262 e. The zero-order valence-electron chi connectivity index (χ0n) is 4.18. The molecule has 2 N–H and O–H groups in total. The minimum absolute atomic E-state index is 0.361. The fraction of sp³-hybridized carbons (Fsp3) is 0.250. The van der Waals surface area contributed by atoms with Crippen molar-refractivity contribution in [1.82, 2.24) is 10.2 Å². The molecule has 1 heterocycles. The van der Waals surface area contributed by atoms with Crippen molar-refractivity contribution in [3.05, 3.63) is 12.2 Å². The summed E-state index contributed by atoms with van der Waals surface area (Å²) >= 11 is 0. The van der Waals surface area contributed by atoms with Crippen LogP contribution in [0.25, 0.3) is 0 Å². The van der Waals surface area contributed by atoms with Gasteiger partial charge in [-0.1, -0.05) is 0 Å². The van der Waals surface area contributed by atoms with Crippen LogP contribution in [0.3, 0.4) is 0 Å². The van der Waals surface area contributed by atoms with E-state index in [4.69, 9.17) is 5.26 Å². The molecule has 0 bridgehead atoms. The van der Waals surface area contributed by atoms with E-state index in [0.29, 0.717) is 6.42 Å². The van der Waals surface area contributed by atoms with Crippen molar-refractivity contribution in [2.45, 2.75) is 6.42 Å². The summed E-state index contributed by atoms with van der Waals surface area (Å²) in [4.78, 5) is 2.75. The number of nitrogens with one attached hydrogen (secondary N) is 2. The van der Waals surface area contributed by atoms with Crippen LogP contribution >= 0.6 is 0 Å². The van der Waals surface area contributed by atoms with Crippen molar-refractivity contribution < 1.29 is 4.98 Å². The zero-order chi connectivity index (χ0) is 5.82. The monoisotopic (exact) mass is 109 g/mol. The Kier molecular flexibility index (Phi) is 1.24. The van der Waals surface area contributed by atoms with Crippen LogP contribution < -0.4 is 4.98 Å². The van der Waals surface area contributed by atoms with E-state index in [1.807, 2.05) is 6.07 Å². The molecule has 0 saturated carbocycles. The predicted molar refractivity (Wildman–Crippen MR) is 24.5 cm³/mol. The number of aromatic amines is 2. The Hall–Kier alpha value is -1.37. The molecule has 0 radical (unpaired) electrons. The van der Waals surface area contributed by atoms with Crippen molar-refractivity contribution in [2.75, 3.05) is 0 Å². The van der Waals surface area contributed by atoms with Crippen molar-refractivity contribution in [2.24, 2.45) is 0 Å². The summed E-state index contributed by atoms with van der Waals surface area (Å²) in [7, 11) is 0. The summed E-state index contributed by atoms with van der Waals surface area (Å²) in [6.45, 7) is 0. The molecule has 1 aromatic heterocycles. The molecule has 0 atom stereocenters. The summed E-state index contributed by atoms with van der Waals surface area (Å²) in [5, 5.41) is 14.3. The summed E-state index contributed by atoms with van der Waals surface area (Å²) in [6.07, 6.45) is 1.87. The van der Waals surface area contributed by atoms with E-state index in [2.05, 4.69) is 15.2 Å². The normalized spacial score (nSPS) is 8.38. The first-order valence-electron chi connectivity index (χ1n) is 2.20. The minimum atomic E-state index is 0.361. The second kappa shape index (κ2) is 2.07. The van der Waals surface area contributed by atoms with Crippen LogP contribution in [0.4, 0.5) is 0 Å². The topological polar surface area (TPSA) is 66.6 Å². The molecule has 0 aliphatic rings. The van der Waals surface area contributed by atoms with Gasteiger partial charge in [0, 0.05) is 5.10 Å². The first-order valence-corrected chi connectivity index (χ1v) is 2.20. The van der Waals surface area contributed by atoms with Crippen LogP contribution in [0.1, 0.15) is 5.82 Å². The molecule has 0 amide bonds. The van der Waals surface area contributed by atoms with Gasteiger partial charge in [0.25, 0.3) is 6.33 Å². The van der Waals surface area contributed by atoms with Crippen LogP contribution in [-0.2, 0) is 6.42 Å². The average molecular weight is 109 g/mol. The molecule has 8 heavy (non-hydrogen) atoms. The largest absolute Gasteiger partial charge is 0.262 e. The standard InChI is InChI=1S/C4H4N4/c5-2-1-4-6-3-7-8-4/h3H,1H2,(H,6,7,8)/p+1. The molecule has 0 aliphatic carbocycles. The summed E-state index contributed by atoms with van der Waals surface area (Å²) in [5.74, 6) is 0.743. The Bertz CT molecular complexity index is 182. The highest BCUT2D eigenvalue weighted by atomic mass is 15.2. The van der Waals surface area contributed by atoms with Crippen molar-refractivity contribution in [3.63, 3.8) is 0 Å². The quantitative estimate of drug-likeness (QED) is 0.517. The lowest BCUT2D eigenvalue weighted by atomic mass is 10.5. The molecular weight excluding hydrogens is 104 g/mol. The molecule has 0 unspecified atom stereocenters. The highest BCUT2D eigenvalue weighted by Gasteiger charge is 1.96. The van der Waals surface area contributed by atoms with Crippen LogP contribution in [-0.4, -0.2) is 10.2 Å². The third-order valence-electron chi connectivity index (χ3n) is 0.759. The molecule has 0 aliphatic heterocycles. The first-order chi connectivity index (χ1) is 3.93. The Labute approximate surface area is 46.2 Å². The van der Waals surface area contributed by atoms with E-state index in [1.54, 1.807) is 0 Å². The lowest BCUT2D eigenvalue weighted by molar-refractivity contribution is -0.388. The molecule has 1 rings (SSSR count). The van der Waals surface area contributed by atoms with Crippen LogP contribution in [0.15, 0.2) is 6.33 Å². The molecule has 0 saturated heterocycles. The number of rotatable bonds is 1. The summed E-state index contributed by atoms with van der Waals surface area (Å²) in [6, 6.07) is 1.97. The Morgan fingerprint density at radius 3 is 3.38 bits per heavy atom. The molecule has 0 spiro atoms. The lowest BCUT2D eigenvalue weighted by Crippen LogP contribution is -2.03. The maximum absolute atomic E-state index is 8.12. The number of H-pyrrole nitrogens is 2. The van der Waals surface area contributed by atoms with E-state index < -0.39 is 0 Å². The smallest absolute Gasteiger partial charge is 0.248 e. The van der Waals surface area contributed by atoms with Crippen LogP contribution in [0, 0.1) is 11.3 Å². The van der Waals surface area contributed by atoms with Gasteiger partial charge < -0.3 is 0 Å². The summed E-state index contributed by atoms with van der Waals surface area (Å²) < 4.78 is 0. The van der Waals surface area contributed by atoms with Crippen molar-refractivity contribution >= 4 is 0 Å². The Balaban J connectivity index is 2.67. The molecule has 4 nitrogen and oxygen atoms in total. The van der Waals surface area contributed by atoms with Gasteiger partial charge in [0.2, 0.25) is 5.82 Å². The highest BCUT2D eigenvalue weighted by molar-refractivity contribution is 4.84. The van der Waals surface area contributed by atoms with E-state index in [9.17, 15) is 0 Å². The highest BCUT2D eigenvalue weighted by Crippen LogP contribution is 1.76. The third-order valence-corrected chi connectivity index (χ3v) is 0.759. The number of nitrogens with zero attached hydrogens (tertiary/aromatic N) is 2. The number of aromatic nitrogens is 3. The van der Waals surface area contributed by atoms with Crippen LogP contribution in [0.5, 0.6) is 0 Å². The molecule has 4 heteroatoms. The zero-order valence-corrected chi connectivity index (χ0v) is 4.18. The predicted octanol–water partition coefficient (Wildman–Crippen LogP) is -0.710. The van der Waals surface area contributed by atoms with Gasteiger partial charge in [0.1, 0.15) is 6.42 Å². The van der Waals surface area contributed by atoms with Gasteiger partial charge in [-0.25, -0.2) is 4.98 Å². The van der Waals surface area contributed by atoms with Crippen LogP contribution in [0.2, 0.25) is 0 Å². The fourth-order valence-corrected chi connectivity index (χ4v) is 0.422. The first kappa shape index (κ1) is 4.78.